The van der Waals surface area contributed by atoms with Gasteiger partial charge in [-0.15, -0.1) is 0 Å². The summed E-state index contributed by atoms with van der Waals surface area (Å²) in [5.41, 5.74) is 1.17. The Kier molecular flexibility index (Phi) is 4.67. The number of benzene rings is 1. The number of piperidine rings is 1. The van der Waals surface area contributed by atoms with Gasteiger partial charge >= 0.3 is 6.03 Å². The van der Waals surface area contributed by atoms with Crippen LogP contribution in [0.3, 0.4) is 0 Å². The van der Waals surface area contributed by atoms with Crippen molar-refractivity contribution < 1.29 is 9.53 Å². The van der Waals surface area contributed by atoms with Gasteiger partial charge in [-0.25, -0.2) is 4.79 Å². The van der Waals surface area contributed by atoms with Crippen molar-refractivity contribution in [1.82, 2.24) is 10.2 Å². The lowest BCUT2D eigenvalue weighted by Crippen LogP contribution is -2.51. The molecular formula is C18H26N2O2. The highest BCUT2D eigenvalue weighted by Crippen LogP contribution is 2.38. The first-order valence-corrected chi connectivity index (χ1v) is 8.36. The highest BCUT2D eigenvalue weighted by atomic mass is 16.5. The number of carbonyl (C=O) groups is 1. The van der Waals surface area contributed by atoms with Crippen LogP contribution in [0.2, 0.25) is 0 Å². The molecule has 120 valence electrons. The number of hydrogen-bond donors (Lipinski definition) is 1. The fourth-order valence-corrected chi connectivity index (χ4v) is 4.07. The second-order valence-corrected chi connectivity index (χ2v) is 6.52. The summed E-state index contributed by atoms with van der Waals surface area (Å²) in [5, 5.41) is 3.20. The quantitative estimate of drug-likeness (QED) is 0.928. The van der Waals surface area contributed by atoms with Crippen LogP contribution in [0.1, 0.15) is 37.8 Å². The Balaban J connectivity index is 1.63. The van der Waals surface area contributed by atoms with Crippen molar-refractivity contribution in [1.29, 1.82) is 0 Å². The number of nitrogens with zero attached hydrogens (tertiary/aromatic N) is 1. The number of methoxy groups -OCH3 is 1. The van der Waals surface area contributed by atoms with Gasteiger partial charge in [-0.2, -0.15) is 0 Å². The minimum atomic E-state index is 0.0714. The number of carbonyl (C=O) groups excluding carboxylic acids is 1. The predicted octanol–water partition coefficient (Wildman–Crippen LogP) is 3.20. The summed E-state index contributed by atoms with van der Waals surface area (Å²) in [7, 11) is 1.80. The standard InChI is InChI=1S/C18H26N2O2/c1-3-16(13-7-5-4-6-8-13)19-18(21)20-11-14-9-10-15(12-20)17(14)22-2/h4-8,14-17H,3,9-12H2,1-2H3,(H,19,21)/t14-,15+,16-,17?/m1/s1. The van der Waals surface area contributed by atoms with Gasteiger partial charge < -0.3 is 15.0 Å². The topological polar surface area (TPSA) is 41.6 Å². The lowest BCUT2D eigenvalue weighted by atomic mass is 9.95. The van der Waals surface area contributed by atoms with Crippen molar-refractivity contribution in [3.8, 4) is 0 Å². The van der Waals surface area contributed by atoms with Crippen molar-refractivity contribution in [3.05, 3.63) is 35.9 Å². The van der Waals surface area contributed by atoms with E-state index in [-0.39, 0.29) is 12.1 Å². The van der Waals surface area contributed by atoms with Gasteiger partial charge in [0.15, 0.2) is 0 Å². The minimum Gasteiger partial charge on any atom is -0.381 e. The highest BCUT2D eigenvalue weighted by Gasteiger charge is 2.43. The molecule has 0 radical (unpaired) electrons. The summed E-state index contributed by atoms with van der Waals surface area (Å²) >= 11 is 0. The Morgan fingerprint density at radius 2 is 1.91 bits per heavy atom. The molecule has 1 saturated carbocycles. The number of likely N-dealkylation sites (tertiary alicyclic amines) is 1. The predicted molar refractivity (Wildman–Crippen MR) is 86.6 cm³/mol. The van der Waals surface area contributed by atoms with E-state index in [2.05, 4.69) is 24.4 Å². The fraction of sp³-hybridized carbons (Fsp3) is 0.611. The summed E-state index contributed by atoms with van der Waals surface area (Å²) in [5.74, 6) is 1.01. The smallest absolute Gasteiger partial charge is 0.317 e. The lowest BCUT2D eigenvalue weighted by molar-refractivity contribution is -0.00535. The van der Waals surface area contributed by atoms with E-state index in [1.54, 1.807) is 7.11 Å². The van der Waals surface area contributed by atoms with Crippen molar-refractivity contribution in [2.75, 3.05) is 20.2 Å². The number of nitrogens with one attached hydrogen (secondary N) is 1. The summed E-state index contributed by atoms with van der Waals surface area (Å²) in [6.45, 7) is 3.76. The van der Waals surface area contributed by atoms with Gasteiger partial charge in [0.05, 0.1) is 12.1 Å². The van der Waals surface area contributed by atoms with E-state index in [0.29, 0.717) is 17.9 Å². The Hall–Kier alpha value is -1.55. The molecule has 22 heavy (non-hydrogen) atoms. The van der Waals surface area contributed by atoms with Gasteiger partial charge in [0, 0.05) is 32.0 Å². The molecule has 4 heteroatoms. The maximum Gasteiger partial charge on any atom is 0.317 e. The molecule has 2 fully saturated rings. The van der Waals surface area contributed by atoms with Crippen LogP contribution in [-0.2, 0) is 4.74 Å². The monoisotopic (exact) mass is 302 g/mol. The lowest BCUT2D eigenvalue weighted by Gasteiger charge is -2.37. The summed E-state index contributed by atoms with van der Waals surface area (Å²) in [6.07, 6.45) is 3.61. The van der Waals surface area contributed by atoms with Crippen LogP contribution in [0, 0.1) is 11.8 Å². The number of urea groups is 1. The second kappa shape index (κ2) is 6.69. The molecule has 1 aromatic rings. The third-order valence-corrected chi connectivity index (χ3v) is 5.21. The number of rotatable bonds is 4. The molecule has 1 N–H and O–H groups in total. The summed E-state index contributed by atoms with van der Waals surface area (Å²) in [6, 6.07) is 10.4. The maximum atomic E-state index is 12.6. The molecule has 1 saturated heterocycles. The van der Waals surface area contributed by atoms with Gasteiger partial charge in [-0.3, -0.25) is 0 Å². The maximum absolute atomic E-state index is 12.6. The molecule has 2 bridgehead atoms. The molecule has 1 aromatic carbocycles. The zero-order valence-electron chi connectivity index (χ0n) is 13.5. The minimum absolute atomic E-state index is 0.0714. The molecule has 0 spiro atoms. The Morgan fingerprint density at radius 3 is 2.45 bits per heavy atom. The van der Waals surface area contributed by atoms with Gasteiger partial charge in [0.2, 0.25) is 0 Å². The van der Waals surface area contributed by atoms with Crippen LogP contribution in [0.15, 0.2) is 30.3 Å². The van der Waals surface area contributed by atoms with Crippen molar-refractivity contribution in [3.63, 3.8) is 0 Å². The molecule has 3 rings (SSSR count). The molecule has 2 aliphatic rings. The molecule has 4 nitrogen and oxygen atoms in total. The van der Waals surface area contributed by atoms with Crippen LogP contribution in [0.25, 0.3) is 0 Å². The van der Waals surface area contributed by atoms with Crippen molar-refractivity contribution >= 4 is 6.03 Å². The van der Waals surface area contributed by atoms with Crippen LogP contribution < -0.4 is 5.32 Å². The molecule has 4 atom stereocenters. The van der Waals surface area contributed by atoms with Crippen LogP contribution >= 0.6 is 0 Å². The van der Waals surface area contributed by atoms with E-state index in [1.807, 2.05) is 23.1 Å². The van der Waals surface area contributed by atoms with Gasteiger partial charge in [0.1, 0.15) is 0 Å². The number of ether oxygens (including phenoxy) is 1. The SMILES string of the molecule is CC[C@@H](NC(=O)N1C[C@H]2CC[C@@H](C1)C2OC)c1ccccc1. The molecular weight excluding hydrogens is 276 g/mol. The first-order chi connectivity index (χ1) is 10.7. The van der Waals surface area contributed by atoms with Crippen LogP contribution in [-0.4, -0.2) is 37.2 Å². The number of amides is 2. The van der Waals surface area contributed by atoms with E-state index in [1.165, 1.54) is 18.4 Å². The first kappa shape index (κ1) is 15.3. The third-order valence-electron chi connectivity index (χ3n) is 5.21. The van der Waals surface area contributed by atoms with E-state index < -0.39 is 0 Å². The zero-order chi connectivity index (χ0) is 15.5. The van der Waals surface area contributed by atoms with Gasteiger partial charge in [0.25, 0.3) is 0 Å². The van der Waals surface area contributed by atoms with E-state index in [4.69, 9.17) is 4.74 Å². The number of fused-ring (bicyclic) bond motifs is 2. The summed E-state index contributed by atoms with van der Waals surface area (Å²) in [4.78, 5) is 14.6. The Morgan fingerprint density at radius 1 is 1.27 bits per heavy atom. The fourth-order valence-electron chi connectivity index (χ4n) is 4.07. The van der Waals surface area contributed by atoms with Crippen LogP contribution in [0.4, 0.5) is 4.79 Å². The van der Waals surface area contributed by atoms with E-state index >= 15 is 0 Å². The normalized spacial score (nSPS) is 28.5. The van der Waals surface area contributed by atoms with E-state index in [0.717, 1.165) is 19.5 Å². The average Bonchev–Trinajstić information content (AvgIpc) is 2.81. The third kappa shape index (κ3) is 2.98. The van der Waals surface area contributed by atoms with Gasteiger partial charge in [-0.05, 0) is 24.8 Å². The van der Waals surface area contributed by atoms with Gasteiger partial charge in [-0.1, -0.05) is 37.3 Å². The van der Waals surface area contributed by atoms with Crippen LogP contribution in [0.5, 0.6) is 0 Å². The van der Waals surface area contributed by atoms with Crippen molar-refractivity contribution in [2.24, 2.45) is 11.8 Å². The molecule has 1 aliphatic carbocycles. The molecule has 1 aliphatic heterocycles. The first-order valence-electron chi connectivity index (χ1n) is 8.36. The zero-order valence-corrected chi connectivity index (χ0v) is 13.5. The Labute approximate surface area is 132 Å². The molecule has 1 unspecified atom stereocenters. The van der Waals surface area contributed by atoms with E-state index in [9.17, 15) is 4.79 Å². The Bertz CT molecular complexity index is 491. The highest BCUT2D eigenvalue weighted by molar-refractivity contribution is 5.75. The molecule has 0 aromatic heterocycles. The molecule has 1 heterocycles. The second-order valence-electron chi connectivity index (χ2n) is 6.52. The number of hydrogen-bond acceptors (Lipinski definition) is 2. The largest absolute Gasteiger partial charge is 0.381 e. The summed E-state index contributed by atoms with van der Waals surface area (Å²) < 4.78 is 5.62. The molecule has 2 amide bonds. The van der Waals surface area contributed by atoms with Crippen molar-refractivity contribution in [2.45, 2.75) is 38.3 Å². The average molecular weight is 302 g/mol.